The summed E-state index contributed by atoms with van der Waals surface area (Å²) in [6.45, 7) is 9.77. The van der Waals surface area contributed by atoms with Gasteiger partial charge in [0.05, 0.1) is 5.69 Å². The van der Waals surface area contributed by atoms with Crippen LogP contribution < -0.4 is 10.2 Å². The quantitative estimate of drug-likeness (QED) is 0.811. The summed E-state index contributed by atoms with van der Waals surface area (Å²) in [5.41, 5.74) is 1.35. The van der Waals surface area contributed by atoms with Crippen LogP contribution in [0.5, 0.6) is 0 Å². The van der Waals surface area contributed by atoms with Crippen LogP contribution >= 0.6 is 22.6 Å². The number of rotatable bonds is 3. The monoisotopic (exact) mass is 376 g/mol. The molecule has 0 radical (unpaired) electrons. The van der Waals surface area contributed by atoms with Crippen LogP contribution in [0.25, 0.3) is 0 Å². The smallest absolute Gasteiger partial charge is 0.124 e. The molecule has 1 fully saturated rings. The highest BCUT2D eigenvalue weighted by Crippen LogP contribution is 2.28. The average Bonchev–Trinajstić information content (AvgIpc) is 2.74. The third-order valence-electron chi connectivity index (χ3n) is 3.46. The van der Waals surface area contributed by atoms with E-state index in [0.717, 1.165) is 23.2 Å². The van der Waals surface area contributed by atoms with Crippen molar-refractivity contribution >= 4 is 28.3 Å². The molecule has 2 rings (SSSR count). The molecule has 0 bridgehead atoms. The molecule has 1 heterocycles. The molecular weight excluding hydrogens is 354 g/mol. The Morgan fingerprint density at radius 2 is 2.16 bits per heavy atom. The summed E-state index contributed by atoms with van der Waals surface area (Å²) in [6, 6.07) is 5.06. The average molecular weight is 376 g/mol. The van der Waals surface area contributed by atoms with Gasteiger partial charge in [0.25, 0.3) is 0 Å². The lowest BCUT2D eigenvalue weighted by Gasteiger charge is -2.24. The fraction of sp³-hybridized carbons (Fsp3) is 0.600. The van der Waals surface area contributed by atoms with E-state index in [0.29, 0.717) is 5.92 Å². The van der Waals surface area contributed by atoms with Crippen LogP contribution in [0.4, 0.5) is 10.1 Å². The zero-order valence-electron chi connectivity index (χ0n) is 11.8. The summed E-state index contributed by atoms with van der Waals surface area (Å²) in [5.74, 6) is 0.526. The van der Waals surface area contributed by atoms with Crippen molar-refractivity contribution in [2.75, 3.05) is 24.5 Å². The minimum atomic E-state index is -0.154. The number of hydrogen-bond acceptors (Lipinski definition) is 2. The molecule has 1 unspecified atom stereocenters. The fourth-order valence-electron chi connectivity index (χ4n) is 2.41. The summed E-state index contributed by atoms with van der Waals surface area (Å²) in [5, 5.41) is 3.57. The number of benzene rings is 1. The van der Waals surface area contributed by atoms with Crippen molar-refractivity contribution in [3.05, 3.63) is 27.6 Å². The number of anilines is 1. The third-order valence-corrected chi connectivity index (χ3v) is 4.32. The van der Waals surface area contributed by atoms with Crippen LogP contribution in [0.1, 0.15) is 27.2 Å². The molecule has 0 amide bonds. The van der Waals surface area contributed by atoms with Gasteiger partial charge in [0, 0.05) is 28.7 Å². The summed E-state index contributed by atoms with van der Waals surface area (Å²) >= 11 is 2.22. The van der Waals surface area contributed by atoms with Gasteiger partial charge in [-0.05, 0) is 73.9 Å². The Hall–Kier alpha value is -0.360. The lowest BCUT2D eigenvalue weighted by Crippen LogP contribution is -2.39. The molecule has 19 heavy (non-hydrogen) atoms. The standard InChI is InChI=1S/C15H22FIN2/c1-15(2,3)18-9-11-6-7-19(10-11)14-5-4-12(16)8-13(14)17/h4-5,8,11,18H,6-7,9-10H2,1-3H3. The molecule has 0 aliphatic carbocycles. The summed E-state index contributed by atoms with van der Waals surface area (Å²) in [4.78, 5) is 2.37. The molecule has 106 valence electrons. The first kappa shape index (κ1) is 15.0. The van der Waals surface area contributed by atoms with E-state index in [1.807, 2.05) is 6.07 Å². The topological polar surface area (TPSA) is 15.3 Å². The first-order chi connectivity index (χ1) is 8.85. The number of nitrogens with zero attached hydrogens (tertiary/aromatic N) is 1. The van der Waals surface area contributed by atoms with Crippen molar-refractivity contribution in [3.8, 4) is 0 Å². The zero-order valence-corrected chi connectivity index (χ0v) is 14.0. The van der Waals surface area contributed by atoms with E-state index in [1.165, 1.54) is 12.1 Å². The van der Waals surface area contributed by atoms with E-state index in [2.05, 4.69) is 53.6 Å². The molecule has 0 spiro atoms. The van der Waals surface area contributed by atoms with Crippen LogP contribution in [-0.2, 0) is 0 Å². The Kier molecular flexibility index (Phi) is 4.71. The van der Waals surface area contributed by atoms with Gasteiger partial charge < -0.3 is 10.2 Å². The fourth-order valence-corrected chi connectivity index (χ4v) is 3.22. The van der Waals surface area contributed by atoms with Gasteiger partial charge >= 0.3 is 0 Å². The molecule has 1 aliphatic rings. The van der Waals surface area contributed by atoms with E-state index < -0.39 is 0 Å². The van der Waals surface area contributed by atoms with Crippen LogP contribution in [-0.4, -0.2) is 25.2 Å². The molecule has 1 N–H and O–H groups in total. The van der Waals surface area contributed by atoms with Crippen LogP contribution in [0, 0.1) is 15.3 Å². The molecule has 0 aromatic heterocycles. The van der Waals surface area contributed by atoms with Gasteiger partial charge in [-0.25, -0.2) is 4.39 Å². The Balaban J connectivity index is 1.94. The number of halogens is 2. The maximum absolute atomic E-state index is 13.1. The van der Waals surface area contributed by atoms with Crippen molar-refractivity contribution in [1.29, 1.82) is 0 Å². The Bertz CT molecular complexity index is 442. The second-order valence-corrected chi connectivity index (χ2v) is 7.49. The second-order valence-electron chi connectivity index (χ2n) is 6.33. The van der Waals surface area contributed by atoms with Crippen LogP contribution in [0.3, 0.4) is 0 Å². The van der Waals surface area contributed by atoms with Gasteiger partial charge in [-0.1, -0.05) is 0 Å². The van der Waals surface area contributed by atoms with Gasteiger partial charge in [-0.15, -0.1) is 0 Å². The van der Waals surface area contributed by atoms with Crippen LogP contribution in [0.15, 0.2) is 18.2 Å². The zero-order chi connectivity index (χ0) is 14.0. The third kappa shape index (κ3) is 4.31. The highest BCUT2D eigenvalue weighted by atomic mass is 127. The molecule has 2 nitrogen and oxygen atoms in total. The van der Waals surface area contributed by atoms with Gasteiger partial charge in [0.1, 0.15) is 5.82 Å². The molecule has 1 aromatic carbocycles. The van der Waals surface area contributed by atoms with Gasteiger partial charge in [-0.3, -0.25) is 0 Å². The number of hydrogen-bond donors (Lipinski definition) is 1. The molecule has 0 saturated carbocycles. The Morgan fingerprint density at radius 3 is 2.79 bits per heavy atom. The summed E-state index contributed by atoms with van der Waals surface area (Å²) < 4.78 is 14.1. The molecule has 1 aliphatic heterocycles. The second kappa shape index (κ2) is 5.95. The van der Waals surface area contributed by atoms with E-state index in [-0.39, 0.29) is 11.4 Å². The minimum Gasteiger partial charge on any atom is -0.370 e. The van der Waals surface area contributed by atoms with Crippen molar-refractivity contribution in [3.63, 3.8) is 0 Å². The van der Waals surface area contributed by atoms with Crippen molar-refractivity contribution in [2.24, 2.45) is 5.92 Å². The van der Waals surface area contributed by atoms with Crippen molar-refractivity contribution < 1.29 is 4.39 Å². The maximum atomic E-state index is 13.1. The maximum Gasteiger partial charge on any atom is 0.124 e. The minimum absolute atomic E-state index is 0.154. The Morgan fingerprint density at radius 1 is 1.42 bits per heavy atom. The SMILES string of the molecule is CC(C)(C)NCC1CCN(c2ccc(F)cc2I)C1. The Labute approximate surface area is 128 Å². The predicted octanol–water partition coefficient (Wildman–Crippen LogP) is 3.64. The largest absolute Gasteiger partial charge is 0.370 e. The lowest BCUT2D eigenvalue weighted by molar-refractivity contribution is 0.383. The first-order valence-electron chi connectivity index (χ1n) is 6.80. The van der Waals surface area contributed by atoms with E-state index in [1.54, 1.807) is 12.1 Å². The lowest BCUT2D eigenvalue weighted by atomic mass is 10.1. The van der Waals surface area contributed by atoms with E-state index in [4.69, 9.17) is 0 Å². The van der Waals surface area contributed by atoms with E-state index in [9.17, 15) is 4.39 Å². The van der Waals surface area contributed by atoms with Crippen molar-refractivity contribution in [1.82, 2.24) is 5.32 Å². The highest BCUT2D eigenvalue weighted by Gasteiger charge is 2.25. The molecule has 1 saturated heterocycles. The first-order valence-corrected chi connectivity index (χ1v) is 7.88. The van der Waals surface area contributed by atoms with Gasteiger partial charge in [0.2, 0.25) is 0 Å². The van der Waals surface area contributed by atoms with Crippen LogP contribution in [0.2, 0.25) is 0 Å². The molecular formula is C15H22FIN2. The normalized spacial score (nSPS) is 20.1. The molecule has 4 heteroatoms. The predicted molar refractivity (Wildman–Crippen MR) is 87.2 cm³/mol. The molecule has 1 aromatic rings. The van der Waals surface area contributed by atoms with E-state index >= 15 is 0 Å². The van der Waals surface area contributed by atoms with Gasteiger partial charge in [0.15, 0.2) is 0 Å². The molecule has 1 atom stereocenters. The summed E-state index contributed by atoms with van der Waals surface area (Å²) in [7, 11) is 0. The van der Waals surface area contributed by atoms with Crippen molar-refractivity contribution in [2.45, 2.75) is 32.7 Å². The highest BCUT2D eigenvalue weighted by molar-refractivity contribution is 14.1. The number of nitrogens with one attached hydrogen (secondary N) is 1. The van der Waals surface area contributed by atoms with Gasteiger partial charge in [-0.2, -0.15) is 0 Å². The summed E-state index contributed by atoms with van der Waals surface area (Å²) in [6.07, 6.45) is 1.20.